The monoisotopic (exact) mass is 430 g/mol. The predicted molar refractivity (Wildman–Crippen MR) is 125 cm³/mol. The number of nitrogens with zero attached hydrogens (tertiary/aromatic N) is 3. The van der Waals surface area contributed by atoms with Gasteiger partial charge in [0.05, 0.1) is 0 Å². The lowest BCUT2D eigenvalue weighted by Crippen LogP contribution is -2.30. The first-order chi connectivity index (χ1) is 15.6. The number of nitrogens with one attached hydrogen (secondary N) is 1. The zero-order valence-electron chi connectivity index (χ0n) is 18.5. The van der Waals surface area contributed by atoms with Gasteiger partial charge in [-0.25, -0.2) is 0 Å². The second-order valence-corrected chi connectivity index (χ2v) is 8.50. The van der Waals surface area contributed by atoms with Crippen molar-refractivity contribution in [3.8, 4) is 0 Å². The number of rotatable bonds is 7. The highest BCUT2D eigenvalue weighted by Gasteiger charge is 2.24. The van der Waals surface area contributed by atoms with Gasteiger partial charge in [0.2, 0.25) is 5.91 Å². The Bertz CT molecular complexity index is 999. The van der Waals surface area contributed by atoms with Gasteiger partial charge in [0.25, 0.3) is 5.91 Å². The molecule has 1 saturated carbocycles. The number of aryl methyl sites for hydroxylation is 1. The number of benzene rings is 2. The van der Waals surface area contributed by atoms with Gasteiger partial charge in [-0.15, -0.1) is 0 Å². The number of amides is 2. The second-order valence-electron chi connectivity index (χ2n) is 8.50. The lowest BCUT2D eigenvalue weighted by Gasteiger charge is -2.22. The maximum absolute atomic E-state index is 13.4. The van der Waals surface area contributed by atoms with Gasteiger partial charge >= 0.3 is 0 Å². The molecule has 0 aliphatic heterocycles. The molecule has 1 aliphatic carbocycles. The maximum Gasteiger partial charge on any atom is 0.275 e. The van der Waals surface area contributed by atoms with Gasteiger partial charge in [-0.1, -0.05) is 79.9 Å². The summed E-state index contributed by atoms with van der Waals surface area (Å²) in [7, 11) is 1.76. The highest BCUT2D eigenvalue weighted by atomic mass is 16.2. The molecule has 4 rings (SSSR count). The van der Waals surface area contributed by atoms with Crippen LogP contribution in [-0.4, -0.2) is 26.5 Å². The summed E-state index contributed by atoms with van der Waals surface area (Å²) < 4.78 is 1.58. The Labute approximate surface area is 189 Å². The number of aromatic nitrogens is 2. The van der Waals surface area contributed by atoms with E-state index in [4.69, 9.17) is 0 Å². The quantitative estimate of drug-likeness (QED) is 0.586. The van der Waals surface area contributed by atoms with Gasteiger partial charge in [-0.3, -0.25) is 14.3 Å². The predicted octanol–water partition coefficient (Wildman–Crippen LogP) is 4.78. The van der Waals surface area contributed by atoms with Crippen molar-refractivity contribution in [2.45, 2.75) is 45.2 Å². The molecular formula is C26H30N4O2. The Morgan fingerprint density at radius 1 is 0.938 bits per heavy atom. The molecular weight excluding hydrogens is 400 g/mol. The number of carbonyl (C=O) groups excluding carboxylic acids is 2. The topological polar surface area (TPSA) is 67.2 Å². The van der Waals surface area contributed by atoms with Crippen molar-refractivity contribution in [2.24, 2.45) is 13.0 Å². The molecule has 0 spiro atoms. The lowest BCUT2D eigenvalue weighted by atomic mass is 9.89. The van der Waals surface area contributed by atoms with E-state index in [1.165, 1.54) is 6.42 Å². The summed E-state index contributed by atoms with van der Waals surface area (Å²) in [6, 6.07) is 21.6. The zero-order valence-corrected chi connectivity index (χ0v) is 18.5. The minimum Gasteiger partial charge on any atom is -0.329 e. The summed E-state index contributed by atoms with van der Waals surface area (Å²) in [4.78, 5) is 27.9. The van der Waals surface area contributed by atoms with Crippen molar-refractivity contribution in [1.29, 1.82) is 0 Å². The molecule has 0 saturated heterocycles. The fourth-order valence-electron chi connectivity index (χ4n) is 4.25. The molecule has 1 heterocycles. The zero-order chi connectivity index (χ0) is 22.3. The smallest absolute Gasteiger partial charge is 0.275 e. The van der Waals surface area contributed by atoms with Crippen LogP contribution < -0.4 is 5.32 Å². The third kappa shape index (κ3) is 5.44. The van der Waals surface area contributed by atoms with E-state index in [1.807, 2.05) is 60.7 Å². The van der Waals surface area contributed by atoms with E-state index < -0.39 is 0 Å². The van der Waals surface area contributed by atoms with Crippen LogP contribution in [0, 0.1) is 5.92 Å². The van der Waals surface area contributed by atoms with Crippen molar-refractivity contribution >= 4 is 17.6 Å². The molecule has 3 aromatic rings. The van der Waals surface area contributed by atoms with Crippen LogP contribution in [0.3, 0.4) is 0 Å². The van der Waals surface area contributed by atoms with Crippen molar-refractivity contribution in [2.75, 3.05) is 5.32 Å². The number of anilines is 1. The third-order valence-electron chi connectivity index (χ3n) is 6.05. The van der Waals surface area contributed by atoms with Crippen molar-refractivity contribution < 1.29 is 9.59 Å². The Hall–Kier alpha value is -3.41. The SMILES string of the molecule is Cn1nc(C(=O)N(Cc2ccccc2)Cc2ccccc2)cc1NC(=O)C1CCCCC1. The van der Waals surface area contributed by atoms with Crippen LogP contribution in [0.2, 0.25) is 0 Å². The Morgan fingerprint density at radius 3 is 2.06 bits per heavy atom. The molecule has 1 aliphatic rings. The number of hydrogen-bond acceptors (Lipinski definition) is 3. The Balaban J connectivity index is 1.52. The minimum absolute atomic E-state index is 0.0251. The van der Waals surface area contributed by atoms with Gasteiger partial charge in [0.1, 0.15) is 5.82 Å². The maximum atomic E-state index is 13.4. The highest BCUT2D eigenvalue weighted by molar-refractivity contribution is 5.96. The molecule has 6 heteroatoms. The van der Waals surface area contributed by atoms with E-state index in [9.17, 15) is 9.59 Å². The minimum atomic E-state index is -0.161. The summed E-state index contributed by atoms with van der Waals surface area (Å²) >= 11 is 0. The first-order valence-electron chi connectivity index (χ1n) is 11.3. The summed E-state index contributed by atoms with van der Waals surface area (Å²) in [6.45, 7) is 0.962. The van der Waals surface area contributed by atoms with E-state index in [1.54, 1.807) is 22.7 Å². The molecule has 166 valence electrons. The van der Waals surface area contributed by atoms with Gasteiger partial charge in [0.15, 0.2) is 5.69 Å². The Morgan fingerprint density at radius 2 is 1.50 bits per heavy atom. The molecule has 0 unspecified atom stereocenters. The molecule has 2 aromatic carbocycles. The summed E-state index contributed by atoms with van der Waals surface area (Å²) in [5.41, 5.74) is 2.44. The van der Waals surface area contributed by atoms with Gasteiger partial charge in [0, 0.05) is 32.1 Å². The van der Waals surface area contributed by atoms with Crippen LogP contribution in [-0.2, 0) is 24.9 Å². The normalized spacial score (nSPS) is 14.2. The van der Waals surface area contributed by atoms with Gasteiger partial charge in [-0.05, 0) is 24.0 Å². The molecule has 0 radical (unpaired) electrons. The second kappa shape index (κ2) is 10.3. The number of carbonyl (C=O) groups is 2. The fourth-order valence-corrected chi connectivity index (χ4v) is 4.25. The summed E-state index contributed by atoms with van der Waals surface area (Å²) in [6.07, 6.45) is 5.25. The van der Waals surface area contributed by atoms with Crippen LogP contribution in [0.4, 0.5) is 5.82 Å². The van der Waals surface area contributed by atoms with E-state index in [0.717, 1.165) is 36.8 Å². The van der Waals surface area contributed by atoms with Crippen LogP contribution in [0.5, 0.6) is 0 Å². The molecule has 1 fully saturated rings. The molecule has 32 heavy (non-hydrogen) atoms. The fraction of sp³-hybridized carbons (Fsp3) is 0.346. The standard InChI is InChI=1S/C26H30N4O2/c1-29-24(27-25(31)22-15-9-4-10-16-22)17-23(28-29)26(32)30(18-20-11-5-2-6-12-20)19-21-13-7-3-8-14-21/h2-3,5-8,11-14,17,22H,4,9-10,15-16,18-19H2,1H3,(H,27,31). The first kappa shape index (κ1) is 21.8. The molecule has 0 atom stereocenters. The summed E-state index contributed by atoms with van der Waals surface area (Å²) in [5.74, 6) is 0.470. The van der Waals surface area contributed by atoms with E-state index >= 15 is 0 Å². The van der Waals surface area contributed by atoms with Crippen LogP contribution >= 0.6 is 0 Å². The van der Waals surface area contributed by atoms with Gasteiger partial charge < -0.3 is 10.2 Å². The van der Waals surface area contributed by atoms with Gasteiger partial charge in [-0.2, -0.15) is 5.10 Å². The van der Waals surface area contributed by atoms with Crippen molar-refractivity contribution in [1.82, 2.24) is 14.7 Å². The molecule has 1 aromatic heterocycles. The number of hydrogen-bond donors (Lipinski definition) is 1. The van der Waals surface area contributed by atoms with E-state index in [0.29, 0.717) is 24.6 Å². The Kier molecular flexibility index (Phi) is 7.00. The van der Waals surface area contributed by atoms with Crippen LogP contribution in [0.1, 0.15) is 53.7 Å². The highest BCUT2D eigenvalue weighted by Crippen LogP contribution is 2.25. The molecule has 1 N–H and O–H groups in total. The van der Waals surface area contributed by atoms with E-state index in [-0.39, 0.29) is 17.7 Å². The van der Waals surface area contributed by atoms with Crippen molar-refractivity contribution in [3.63, 3.8) is 0 Å². The van der Waals surface area contributed by atoms with Crippen LogP contribution in [0.25, 0.3) is 0 Å². The average molecular weight is 431 g/mol. The average Bonchev–Trinajstić information content (AvgIpc) is 3.20. The lowest BCUT2D eigenvalue weighted by molar-refractivity contribution is -0.120. The summed E-state index contributed by atoms with van der Waals surface area (Å²) in [5, 5.41) is 7.41. The first-order valence-corrected chi connectivity index (χ1v) is 11.3. The molecule has 2 amide bonds. The third-order valence-corrected chi connectivity index (χ3v) is 6.05. The van der Waals surface area contributed by atoms with Crippen LogP contribution in [0.15, 0.2) is 66.7 Å². The van der Waals surface area contributed by atoms with E-state index in [2.05, 4.69) is 10.4 Å². The largest absolute Gasteiger partial charge is 0.329 e. The molecule has 0 bridgehead atoms. The molecule has 6 nitrogen and oxygen atoms in total. The van der Waals surface area contributed by atoms with Crippen molar-refractivity contribution in [3.05, 3.63) is 83.6 Å².